The summed E-state index contributed by atoms with van der Waals surface area (Å²) in [5, 5.41) is 9.13. The average molecular weight is 424 g/mol. The maximum absolute atomic E-state index is 12.5. The van der Waals surface area contributed by atoms with Crippen LogP contribution in [0.1, 0.15) is 28.0 Å². The zero-order valence-electron chi connectivity index (χ0n) is 13.2. The molecule has 2 aromatic heterocycles. The number of Topliss-reactive ketones (excluding diaryl/α,β-unsaturated/α-hetero) is 1. The van der Waals surface area contributed by atoms with E-state index in [1.807, 2.05) is 32.9 Å². The van der Waals surface area contributed by atoms with Crippen LogP contribution in [0.5, 0.6) is 0 Å². The molecule has 1 atom stereocenters. The standard InChI is InChI=1S/C16H14BrN3O2S2/c1-8-14(24-10(3)18-8)15-19-20-16(22-15)23-9(2)13(21)11-4-6-12(17)7-5-11/h4-7,9H,1-3H3. The molecule has 0 fully saturated rings. The summed E-state index contributed by atoms with van der Waals surface area (Å²) >= 11 is 6.14. The van der Waals surface area contributed by atoms with Crippen molar-refractivity contribution in [1.29, 1.82) is 0 Å². The number of aromatic nitrogens is 3. The van der Waals surface area contributed by atoms with Crippen LogP contribution in [0.3, 0.4) is 0 Å². The van der Waals surface area contributed by atoms with E-state index in [2.05, 4.69) is 31.1 Å². The third-order valence-corrected chi connectivity index (χ3v) is 5.80. The van der Waals surface area contributed by atoms with Gasteiger partial charge in [0.2, 0.25) is 0 Å². The summed E-state index contributed by atoms with van der Waals surface area (Å²) in [4.78, 5) is 17.7. The highest BCUT2D eigenvalue weighted by molar-refractivity contribution is 9.10. The third-order valence-electron chi connectivity index (χ3n) is 3.28. The first-order chi connectivity index (χ1) is 11.4. The van der Waals surface area contributed by atoms with E-state index < -0.39 is 0 Å². The quantitative estimate of drug-likeness (QED) is 0.427. The summed E-state index contributed by atoms with van der Waals surface area (Å²) in [6.07, 6.45) is 0. The number of carbonyl (C=O) groups is 1. The second-order valence-electron chi connectivity index (χ2n) is 5.15. The summed E-state index contributed by atoms with van der Waals surface area (Å²) in [7, 11) is 0. The molecule has 124 valence electrons. The summed E-state index contributed by atoms with van der Waals surface area (Å²) in [5.74, 6) is 0.473. The van der Waals surface area contributed by atoms with Crippen molar-refractivity contribution >= 4 is 44.8 Å². The number of rotatable bonds is 5. The molecule has 1 unspecified atom stereocenters. The zero-order valence-corrected chi connectivity index (χ0v) is 16.5. The van der Waals surface area contributed by atoms with Crippen LogP contribution in [0.2, 0.25) is 0 Å². The largest absolute Gasteiger partial charge is 0.410 e. The first kappa shape index (κ1) is 17.3. The van der Waals surface area contributed by atoms with E-state index in [1.165, 1.54) is 23.1 Å². The Morgan fingerprint density at radius 1 is 1.25 bits per heavy atom. The molecule has 0 aliphatic rings. The highest BCUT2D eigenvalue weighted by Crippen LogP contribution is 2.32. The number of thioether (sulfide) groups is 1. The van der Waals surface area contributed by atoms with E-state index in [1.54, 1.807) is 12.1 Å². The van der Waals surface area contributed by atoms with Crippen molar-refractivity contribution < 1.29 is 9.21 Å². The van der Waals surface area contributed by atoms with Crippen LogP contribution in [-0.4, -0.2) is 26.2 Å². The number of carbonyl (C=O) groups excluding carboxylic acids is 1. The highest BCUT2D eigenvalue weighted by Gasteiger charge is 2.21. The fraction of sp³-hybridized carbons (Fsp3) is 0.250. The van der Waals surface area contributed by atoms with Crippen LogP contribution in [0.15, 0.2) is 38.4 Å². The van der Waals surface area contributed by atoms with E-state index in [-0.39, 0.29) is 11.0 Å². The fourth-order valence-electron chi connectivity index (χ4n) is 2.13. The van der Waals surface area contributed by atoms with Crippen molar-refractivity contribution in [3.05, 3.63) is 45.0 Å². The number of aryl methyl sites for hydroxylation is 2. The van der Waals surface area contributed by atoms with Gasteiger partial charge in [-0.3, -0.25) is 4.79 Å². The predicted octanol–water partition coefficient (Wildman–Crippen LogP) is 4.94. The van der Waals surface area contributed by atoms with Crippen LogP contribution in [0.25, 0.3) is 10.8 Å². The molecule has 0 aliphatic carbocycles. The molecule has 8 heteroatoms. The number of ketones is 1. The van der Waals surface area contributed by atoms with Crippen LogP contribution < -0.4 is 0 Å². The average Bonchev–Trinajstić information content (AvgIpc) is 3.13. The van der Waals surface area contributed by atoms with Crippen molar-refractivity contribution in [3.8, 4) is 10.8 Å². The lowest BCUT2D eigenvalue weighted by Gasteiger charge is -2.07. The number of hydrogen-bond donors (Lipinski definition) is 0. The van der Waals surface area contributed by atoms with Gasteiger partial charge in [-0.15, -0.1) is 21.5 Å². The van der Waals surface area contributed by atoms with Crippen LogP contribution in [0, 0.1) is 13.8 Å². The summed E-state index contributed by atoms with van der Waals surface area (Å²) in [5.41, 5.74) is 1.53. The fourth-order valence-corrected chi connectivity index (χ4v) is 4.00. The first-order valence-electron chi connectivity index (χ1n) is 7.18. The van der Waals surface area contributed by atoms with E-state index in [0.29, 0.717) is 16.7 Å². The Balaban J connectivity index is 1.73. The van der Waals surface area contributed by atoms with E-state index in [9.17, 15) is 4.79 Å². The molecule has 2 heterocycles. The minimum atomic E-state index is -0.316. The topological polar surface area (TPSA) is 68.9 Å². The molecule has 5 nitrogen and oxygen atoms in total. The number of hydrogen-bond acceptors (Lipinski definition) is 7. The Hall–Kier alpha value is -1.51. The number of benzene rings is 1. The maximum atomic E-state index is 12.5. The highest BCUT2D eigenvalue weighted by atomic mass is 79.9. The molecule has 0 aliphatic heterocycles. The van der Waals surface area contributed by atoms with Crippen LogP contribution in [0.4, 0.5) is 0 Å². The molecule has 0 spiro atoms. The molecule has 0 saturated carbocycles. The normalized spacial score (nSPS) is 12.3. The molecule has 24 heavy (non-hydrogen) atoms. The first-order valence-corrected chi connectivity index (χ1v) is 9.67. The van der Waals surface area contributed by atoms with Crippen molar-refractivity contribution in [2.75, 3.05) is 0 Å². The summed E-state index contributed by atoms with van der Waals surface area (Å²) < 4.78 is 6.63. The van der Waals surface area contributed by atoms with E-state index in [0.717, 1.165) is 20.1 Å². The molecule has 3 rings (SSSR count). The number of halogens is 1. The minimum Gasteiger partial charge on any atom is -0.410 e. The smallest absolute Gasteiger partial charge is 0.277 e. The molecular weight excluding hydrogens is 410 g/mol. The Morgan fingerprint density at radius 3 is 2.58 bits per heavy atom. The molecule has 3 aromatic rings. The van der Waals surface area contributed by atoms with Gasteiger partial charge in [-0.05, 0) is 32.9 Å². The van der Waals surface area contributed by atoms with Gasteiger partial charge in [0.05, 0.1) is 16.0 Å². The van der Waals surface area contributed by atoms with Gasteiger partial charge < -0.3 is 4.42 Å². The van der Waals surface area contributed by atoms with Gasteiger partial charge in [0.1, 0.15) is 4.88 Å². The van der Waals surface area contributed by atoms with Gasteiger partial charge in [0, 0.05) is 10.0 Å². The van der Waals surface area contributed by atoms with Gasteiger partial charge in [-0.2, -0.15) is 0 Å². The molecule has 0 saturated heterocycles. The van der Waals surface area contributed by atoms with Crippen molar-refractivity contribution in [2.24, 2.45) is 0 Å². The molecule has 0 N–H and O–H groups in total. The van der Waals surface area contributed by atoms with E-state index >= 15 is 0 Å². The Kier molecular flexibility index (Phi) is 5.17. The van der Waals surface area contributed by atoms with Crippen molar-refractivity contribution in [1.82, 2.24) is 15.2 Å². The zero-order chi connectivity index (χ0) is 17.3. The molecule has 0 amide bonds. The lowest BCUT2D eigenvalue weighted by atomic mass is 10.1. The lowest BCUT2D eigenvalue weighted by Crippen LogP contribution is -2.13. The summed E-state index contributed by atoms with van der Waals surface area (Å²) in [6.45, 7) is 5.68. The van der Waals surface area contributed by atoms with Gasteiger partial charge in [-0.1, -0.05) is 39.8 Å². The molecule has 0 radical (unpaired) electrons. The van der Waals surface area contributed by atoms with Gasteiger partial charge in [-0.25, -0.2) is 4.98 Å². The summed E-state index contributed by atoms with van der Waals surface area (Å²) in [6, 6.07) is 7.30. The number of thiazole rings is 1. The third kappa shape index (κ3) is 3.76. The monoisotopic (exact) mass is 423 g/mol. The van der Waals surface area contributed by atoms with Crippen molar-refractivity contribution in [3.63, 3.8) is 0 Å². The SMILES string of the molecule is Cc1nc(C)c(-c2nnc(SC(C)C(=O)c3ccc(Br)cc3)o2)s1. The molecule has 1 aromatic carbocycles. The maximum Gasteiger partial charge on any atom is 0.277 e. The van der Waals surface area contributed by atoms with Gasteiger partial charge >= 0.3 is 0 Å². The second kappa shape index (κ2) is 7.16. The Labute approximate surface area is 156 Å². The van der Waals surface area contributed by atoms with Crippen LogP contribution in [-0.2, 0) is 0 Å². The Morgan fingerprint density at radius 2 is 1.96 bits per heavy atom. The Bertz CT molecular complexity index is 874. The number of nitrogens with zero attached hydrogens (tertiary/aromatic N) is 3. The van der Waals surface area contributed by atoms with Crippen LogP contribution >= 0.6 is 39.0 Å². The van der Waals surface area contributed by atoms with Crippen molar-refractivity contribution in [2.45, 2.75) is 31.2 Å². The van der Waals surface area contributed by atoms with Gasteiger partial charge in [0.25, 0.3) is 11.1 Å². The molecule has 0 bridgehead atoms. The minimum absolute atomic E-state index is 0.0251. The lowest BCUT2D eigenvalue weighted by molar-refractivity contribution is 0.0993. The van der Waals surface area contributed by atoms with Gasteiger partial charge in [0.15, 0.2) is 5.78 Å². The predicted molar refractivity (Wildman–Crippen MR) is 98.7 cm³/mol. The second-order valence-corrected chi connectivity index (χ2v) is 8.56. The molecular formula is C16H14BrN3O2S2. The van der Waals surface area contributed by atoms with E-state index in [4.69, 9.17) is 4.42 Å².